The van der Waals surface area contributed by atoms with E-state index in [9.17, 15) is 4.79 Å². The van der Waals surface area contributed by atoms with Gasteiger partial charge in [0, 0.05) is 10.5 Å². The standard InChI is InChI=1S/C13H14BrClN2.C5H11NO2/c14-11-6-9(8-16)13(7-12(11)15)17-10-4-2-1-3-5-10;1-5(2,3)8-4(6)7/h6-7,10,17H,1-5H2;1-3H3,(H2,6,7). The summed E-state index contributed by atoms with van der Waals surface area (Å²) in [7, 11) is 0. The second kappa shape index (κ2) is 9.88. The number of anilines is 1. The minimum absolute atomic E-state index is 0.453. The maximum atomic E-state index is 10.0. The Labute approximate surface area is 163 Å². The highest BCUT2D eigenvalue weighted by atomic mass is 79.9. The van der Waals surface area contributed by atoms with Gasteiger partial charge in [-0.25, -0.2) is 4.79 Å². The normalized spacial score (nSPS) is 14.7. The van der Waals surface area contributed by atoms with Crippen LogP contribution in [0.2, 0.25) is 5.02 Å². The van der Waals surface area contributed by atoms with Crippen LogP contribution in [0.3, 0.4) is 0 Å². The molecule has 1 aromatic carbocycles. The van der Waals surface area contributed by atoms with Crippen LogP contribution in [0.1, 0.15) is 58.4 Å². The molecule has 0 unspecified atom stereocenters. The van der Waals surface area contributed by atoms with Crippen molar-refractivity contribution in [1.29, 1.82) is 5.26 Å². The Bertz CT molecular complexity index is 632. The van der Waals surface area contributed by atoms with Gasteiger partial charge in [0.25, 0.3) is 0 Å². The van der Waals surface area contributed by atoms with Crippen LogP contribution in [0.15, 0.2) is 16.6 Å². The number of hydrogen-bond acceptors (Lipinski definition) is 4. The van der Waals surface area contributed by atoms with Gasteiger partial charge in [0.15, 0.2) is 0 Å². The molecule has 3 N–H and O–H groups in total. The van der Waals surface area contributed by atoms with Crippen LogP contribution in [0, 0.1) is 11.3 Å². The fraction of sp³-hybridized carbons (Fsp3) is 0.556. The summed E-state index contributed by atoms with van der Waals surface area (Å²) in [5.41, 5.74) is 5.76. The second-order valence-corrected chi connectivity index (χ2v) is 8.20. The lowest BCUT2D eigenvalue weighted by Gasteiger charge is -2.24. The van der Waals surface area contributed by atoms with Gasteiger partial charge in [0.05, 0.1) is 16.3 Å². The van der Waals surface area contributed by atoms with E-state index in [0.717, 1.165) is 10.2 Å². The lowest BCUT2D eigenvalue weighted by atomic mass is 9.95. The van der Waals surface area contributed by atoms with Gasteiger partial charge in [-0.2, -0.15) is 5.26 Å². The molecule has 2 rings (SSSR count). The molecule has 0 bridgehead atoms. The molecule has 7 heteroatoms. The van der Waals surface area contributed by atoms with Crippen LogP contribution < -0.4 is 11.1 Å². The molecule has 1 aliphatic carbocycles. The largest absolute Gasteiger partial charge is 0.444 e. The Hall–Kier alpha value is -1.45. The molecular formula is C18H25BrClN3O2. The summed E-state index contributed by atoms with van der Waals surface area (Å²) in [6.07, 6.45) is 5.49. The Morgan fingerprint density at radius 1 is 1.36 bits per heavy atom. The molecule has 1 amide bonds. The first kappa shape index (κ1) is 21.6. The zero-order valence-corrected chi connectivity index (χ0v) is 17.2. The first-order chi connectivity index (χ1) is 11.6. The smallest absolute Gasteiger partial charge is 0.405 e. The van der Waals surface area contributed by atoms with Gasteiger partial charge in [-0.3, -0.25) is 0 Å². The molecule has 138 valence electrons. The number of rotatable bonds is 2. The molecule has 0 heterocycles. The number of carbonyl (C=O) groups excluding carboxylic acids is 1. The van der Waals surface area contributed by atoms with Crippen LogP contribution in [-0.2, 0) is 4.74 Å². The molecule has 0 aromatic heterocycles. The molecule has 1 aliphatic rings. The molecule has 25 heavy (non-hydrogen) atoms. The van der Waals surface area contributed by atoms with Crippen molar-refractivity contribution < 1.29 is 9.53 Å². The number of hydrogen-bond donors (Lipinski definition) is 2. The topological polar surface area (TPSA) is 88.1 Å². The summed E-state index contributed by atoms with van der Waals surface area (Å²) in [6.45, 7) is 5.28. The Morgan fingerprint density at radius 2 is 1.96 bits per heavy atom. The summed E-state index contributed by atoms with van der Waals surface area (Å²) in [5, 5.41) is 13.2. The van der Waals surface area contributed by atoms with Crippen LogP contribution in [0.5, 0.6) is 0 Å². The monoisotopic (exact) mass is 429 g/mol. The van der Waals surface area contributed by atoms with Crippen molar-refractivity contribution in [3.63, 3.8) is 0 Å². The van der Waals surface area contributed by atoms with Crippen molar-refractivity contribution in [3.05, 3.63) is 27.2 Å². The van der Waals surface area contributed by atoms with Crippen molar-refractivity contribution in [1.82, 2.24) is 0 Å². The van der Waals surface area contributed by atoms with Crippen molar-refractivity contribution in [2.45, 2.75) is 64.5 Å². The van der Waals surface area contributed by atoms with Gasteiger partial charge in [-0.15, -0.1) is 0 Å². The van der Waals surface area contributed by atoms with Crippen molar-refractivity contribution in [2.24, 2.45) is 5.73 Å². The summed E-state index contributed by atoms with van der Waals surface area (Å²) in [4.78, 5) is 10.0. The number of nitrogens with zero attached hydrogens (tertiary/aromatic N) is 1. The minimum Gasteiger partial charge on any atom is -0.444 e. The van der Waals surface area contributed by atoms with E-state index < -0.39 is 11.7 Å². The second-order valence-electron chi connectivity index (χ2n) is 6.94. The molecule has 1 saturated carbocycles. The lowest BCUT2D eigenvalue weighted by molar-refractivity contribution is 0.0600. The molecule has 1 fully saturated rings. The van der Waals surface area contributed by atoms with E-state index >= 15 is 0 Å². The molecule has 0 aliphatic heterocycles. The summed E-state index contributed by atoms with van der Waals surface area (Å²) >= 11 is 9.40. The van der Waals surface area contributed by atoms with Crippen LogP contribution in [0.4, 0.5) is 10.5 Å². The zero-order valence-electron chi connectivity index (χ0n) is 14.9. The summed E-state index contributed by atoms with van der Waals surface area (Å²) in [6, 6.07) is 6.29. The van der Waals surface area contributed by atoms with Gasteiger partial charge >= 0.3 is 6.09 Å². The highest BCUT2D eigenvalue weighted by molar-refractivity contribution is 9.10. The van der Waals surface area contributed by atoms with E-state index in [-0.39, 0.29) is 0 Å². The van der Waals surface area contributed by atoms with E-state index in [4.69, 9.17) is 22.6 Å². The van der Waals surface area contributed by atoms with E-state index in [1.54, 1.807) is 26.8 Å². The number of ether oxygens (including phenoxy) is 1. The quantitative estimate of drug-likeness (QED) is 0.639. The molecule has 0 atom stereocenters. The number of primary amides is 1. The average Bonchev–Trinajstić information content (AvgIpc) is 2.50. The number of nitriles is 1. The third-order valence-electron chi connectivity index (χ3n) is 3.55. The van der Waals surface area contributed by atoms with Crippen molar-refractivity contribution >= 4 is 39.3 Å². The van der Waals surface area contributed by atoms with Gasteiger partial charge in [0.1, 0.15) is 11.7 Å². The highest BCUT2D eigenvalue weighted by Crippen LogP contribution is 2.31. The van der Waals surface area contributed by atoms with E-state index in [1.165, 1.54) is 32.1 Å². The Morgan fingerprint density at radius 3 is 2.40 bits per heavy atom. The first-order valence-electron chi connectivity index (χ1n) is 8.26. The maximum Gasteiger partial charge on any atom is 0.405 e. The molecule has 1 aromatic rings. The van der Waals surface area contributed by atoms with Crippen LogP contribution >= 0.6 is 27.5 Å². The minimum atomic E-state index is -0.725. The fourth-order valence-electron chi connectivity index (χ4n) is 2.53. The van der Waals surface area contributed by atoms with Gasteiger partial charge in [0.2, 0.25) is 0 Å². The molecular weight excluding hydrogens is 406 g/mol. The predicted molar refractivity (Wildman–Crippen MR) is 105 cm³/mol. The van der Waals surface area contributed by atoms with Crippen LogP contribution in [-0.4, -0.2) is 17.7 Å². The SMILES string of the molecule is CC(C)(C)OC(N)=O.N#Cc1cc(Br)c(Cl)cc1NC1CCCCC1. The highest BCUT2D eigenvalue weighted by Gasteiger charge is 2.15. The maximum absolute atomic E-state index is 10.0. The summed E-state index contributed by atoms with van der Waals surface area (Å²) < 4.78 is 5.34. The van der Waals surface area contributed by atoms with Crippen molar-refractivity contribution in [2.75, 3.05) is 5.32 Å². The van der Waals surface area contributed by atoms with Gasteiger partial charge in [-0.1, -0.05) is 30.9 Å². The number of benzene rings is 1. The number of nitrogens with one attached hydrogen (secondary N) is 1. The van der Waals surface area contributed by atoms with E-state index in [2.05, 4.69) is 32.1 Å². The molecule has 5 nitrogen and oxygen atoms in total. The van der Waals surface area contributed by atoms with Crippen molar-refractivity contribution in [3.8, 4) is 6.07 Å². The summed E-state index contributed by atoms with van der Waals surface area (Å²) in [5.74, 6) is 0. The Kier molecular flexibility index (Phi) is 8.54. The van der Waals surface area contributed by atoms with E-state index in [0.29, 0.717) is 16.6 Å². The van der Waals surface area contributed by atoms with E-state index in [1.807, 2.05) is 6.07 Å². The zero-order chi connectivity index (χ0) is 19.0. The third kappa shape index (κ3) is 8.46. The number of nitrogens with two attached hydrogens (primary N) is 1. The number of amides is 1. The lowest BCUT2D eigenvalue weighted by Crippen LogP contribution is -2.27. The molecule has 0 radical (unpaired) electrons. The predicted octanol–water partition coefficient (Wildman–Crippen LogP) is 5.60. The number of halogens is 2. The molecule has 0 spiro atoms. The Balaban J connectivity index is 0.000000333. The third-order valence-corrected chi connectivity index (χ3v) is 4.75. The number of carbonyl (C=O) groups is 1. The van der Waals surface area contributed by atoms with Crippen LogP contribution in [0.25, 0.3) is 0 Å². The van der Waals surface area contributed by atoms with Gasteiger partial charge in [-0.05, 0) is 61.7 Å². The fourth-order valence-corrected chi connectivity index (χ4v) is 3.03. The van der Waals surface area contributed by atoms with Gasteiger partial charge < -0.3 is 15.8 Å². The molecule has 0 saturated heterocycles. The average molecular weight is 431 g/mol. The first-order valence-corrected chi connectivity index (χ1v) is 9.43.